The summed E-state index contributed by atoms with van der Waals surface area (Å²) in [5.74, 6) is 1.55. The molecule has 4 heteroatoms. The van der Waals surface area contributed by atoms with Gasteiger partial charge in [0.2, 0.25) is 11.8 Å². The second-order valence-corrected chi connectivity index (χ2v) is 5.71. The number of nitrogens with zero attached hydrogens (tertiary/aromatic N) is 1. The van der Waals surface area contributed by atoms with Gasteiger partial charge < -0.3 is 5.11 Å². The highest BCUT2D eigenvalue weighted by molar-refractivity contribution is 6.06. The van der Waals surface area contributed by atoms with Crippen LogP contribution in [0.4, 0.5) is 0 Å². The lowest BCUT2D eigenvalue weighted by molar-refractivity contribution is -0.140. The molecule has 1 saturated heterocycles. The zero-order valence-corrected chi connectivity index (χ0v) is 9.45. The van der Waals surface area contributed by atoms with Gasteiger partial charge in [0.25, 0.3) is 0 Å². The van der Waals surface area contributed by atoms with Gasteiger partial charge in [-0.05, 0) is 30.1 Å². The van der Waals surface area contributed by atoms with Crippen molar-refractivity contribution >= 4 is 11.8 Å². The molecule has 1 heterocycles. The van der Waals surface area contributed by atoms with Crippen molar-refractivity contribution in [3.8, 4) is 0 Å². The molecule has 0 aromatic heterocycles. The van der Waals surface area contributed by atoms with Crippen LogP contribution in [0.1, 0.15) is 6.42 Å². The fourth-order valence-corrected chi connectivity index (χ4v) is 4.34. The third-order valence-corrected chi connectivity index (χ3v) is 5.08. The highest BCUT2D eigenvalue weighted by Crippen LogP contribution is 2.65. The molecule has 0 aromatic carbocycles. The van der Waals surface area contributed by atoms with Crippen LogP contribution in [-0.4, -0.2) is 35.0 Å². The maximum atomic E-state index is 12.3. The molecule has 90 valence electrons. The average Bonchev–Trinajstić information content (AvgIpc) is 3.11. The Balaban J connectivity index is 1.74. The summed E-state index contributed by atoms with van der Waals surface area (Å²) in [5.41, 5.74) is 0. The molecule has 5 rings (SSSR count). The Morgan fingerprint density at radius 2 is 1.65 bits per heavy atom. The van der Waals surface area contributed by atoms with Gasteiger partial charge in [0, 0.05) is 0 Å². The Bertz CT molecular complexity index is 408. The van der Waals surface area contributed by atoms with E-state index in [1.807, 2.05) is 0 Å². The number of imide groups is 1. The Labute approximate surface area is 99.3 Å². The maximum Gasteiger partial charge on any atom is 0.233 e. The van der Waals surface area contributed by atoms with Crippen LogP contribution in [-0.2, 0) is 9.59 Å². The maximum absolute atomic E-state index is 12.3. The number of aliphatic hydroxyl groups excluding tert-OH is 1. The number of allylic oxidation sites excluding steroid dienone is 2. The molecule has 1 N–H and O–H groups in total. The summed E-state index contributed by atoms with van der Waals surface area (Å²) in [4.78, 5) is 25.8. The van der Waals surface area contributed by atoms with Crippen molar-refractivity contribution in [2.75, 3.05) is 13.2 Å². The number of β-amino-alcohol motifs (C(OH)–C–C–N with tert-alkyl or cyclic N) is 1. The Morgan fingerprint density at radius 1 is 1.12 bits per heavy atom. The van der Waals surface area contributed by atoms with E-state index in [9.17, 15) is 9.59 Å². The number of carbonyl (C=O) groups is 2. The van der Waals surface area contributed by atoms with Crippen LogP contribution in [0.15, 0.2) is 12.2 Å². The minimum atomic E-state index is -0.132. The molecule has 2 bridgehead atoms. The summed E-state index contributed by atoms with van der Waals surface area (Å²) < 4.78 is 0. The molecule has 1 aliphatic heterocycles. The molecule has 3 fully saturated rings. The third kappa shape index (κ3) is 1.03. The second-order valence-electron chi connectivity index (χ2n) is 5.71. The van der Waals surface area contributed by atoms with Crippen molar-refractivity contribution in [1.29, 1.82) is 0 Å². The normalized spacial score (nSPS) is 49.6. The molecular weight excluding hydrogens is 218 g/mol. The molecule has 5 aliphatic rings. The van der Waals surface area contributed by atoms with E-state index in [1.165, 1.54) is 11.3 Å². The molecule has 0 unspecified atom stereocenters. The first kappa shape index (κ1) is 9.83. The minimum absolute atomic E-state index is 0.0428. The van der Waals surface area contributed by atoms with E-state index in [4.69, 9.17) is 5.11 Å². The number of aliphatic hydroxyl groups is 1. The number of amides is 2. The van der Waals surface area contributed by atoms with Gasteiger partial charge in [-0.25, -0.2) is 0 Å². The zero-order valence-electron chi connectivity index (χ0n) is 9.45. The molecule has 4 nitrogen and oxygen atoms in total. The standard InChI is InChI=1S/C13H15NO3/c15-4-3-14-12(16)10-6-1-2-7(9-5-8(6)9)11(10)13(14)17/h1-2,6-11,15H,3-5H2/t6-,7-,8-,9+,10-,11+/m0/s1. The largest absolute Gasteiger partial charge is 0.395 e. The molecule has 4 aliphatic carbocycles. The minimum Gasteiger partial charge on any atom is -0.395 e. The van der Waals surface area contributed by atoms with Crippen LogP contribution in [0.25, 0.3) is 0 Å². The average molecular weight is 233 g/mol. The van der Waals surface area contributed by atoms with E-state index in [1.54, 1.807) is 0 Å². The number of likely N-dealkylation sites (tertiary alicyclic amines) is 1. The molecule has 2 amide bonds. The van der Waals surface area contributed by atoms with E-state index in [0.29, 0.717) is 11.8 Å². The van der Waals surface area contributed by atoms with Crippen LogP contribution < -0.4 is 0 Å². The zero-order chi connectivity index (χ0) is 11.7. The first-order valence-corrected chi connectivity index (χ1v) is 6.38. The van der Waals surface area contributed by atoms with Crippen molar-refractivity contribution in [3.05, 3.63) is 12.2 Å². The highest BCUT2D eigenvalue weighted by Gasteiger charge is 2.66. The number of carbonyl (C=O) groups excluding carboxylic acids is 2. The van der Waals surface area contributed by atoms with Crippen molar-refractivity contribution < 1.29 is 14.7 Å². The summed E-state index contributed by atoms with van der Waals surface area (Å²) in [5, 5.41) is 8.94. The lowest BCUT2D eigenvalue weighted by atomic mass is 9.63. The van der Waals surface area contributed by atoms with Crippen molar-refractivity contribution in [2.24, 2.45) is 35.5 Å². The van der Waals surface area contributed by atoms with Gasteiger partial charge in [-0.2, -0.15) is 0 Å². The first-order valence-electron chi connectivity index (χ1n) is 6.38. The molecule has 2 saturated carbocycles. The quantitative estimate of drug-likeness (QED) is 0.541. The van der Waals surface area contributed by atoms with Gasteiger partial charge in [0.05, 0.1) is 25.0 Å². The summed E-state index contributed by atoms with van der Waals surface area (Å²) in [6.07, 6.45) is 5.51. The molecule has 0 aromatic rings. The van der Waals surface area contributed by atoms with Crippen LogP contribution >= 0.6 is 0 Å². The van der Waals surface area contributed by atoms with Crippen molar-refractivity contribution in [1.82, 2.24) is 4.90 Å². The Hall–Kier alpha value is -1.16. The molecule has 6 atom stereocenters. The number of rotatable bonds is 2. The van der Waals surface area contributed by atoms with Crippen molar-refractivity contribution in [2.45, 2.75) is 6.42 Å². The molecular formula is C13H15NO3. The second kappa shape index (κ2) is 2.99. The van der Waals surface area contributed by atoms with Gasteiger partial charge in [-0.1, -0.05) is 12.2 Å². The smallest absolute Gasteiger partial charge is 0.233 e. The fourth-order valence-electron chi connectivity index (χ4n) is 4.34. The van der Waals surface area contributed by atoms with Gasteiger partial charge in [0.1, 0.15) is 0 Å². The monoisotopic (exact) mass is 233 g/mol. The molecule has 0 radical (unpaired) electrons. The predicted molar refractivity (Wildman–Crippen MR) is 58.5 cm³/mol. The van der Waals surface area contributed by atoms with Crippen LogP contribution in [0, 0.1) is 35.5 Å². The molecule has 17 heavy (non-hydrogen) atoms. The van der Waals surface area contributed by atoms with E-state index in [0.717, 1.165) is 0 Å². The lowest BCUT2D eigenvalue weighted by Gasteiger charge is -2.37. The van der Waals surface area contributed by atoms with E-state index in [2.05, 4.69) is 12.2 Å². The summed E-state index contributed by atoms with van der Waals surface area (Å²) in [6.45, 7) is 0.0337. The van der Waals surface area contributed by atoms with E-state index < -0.39 is 0 Å². The predicted octanol–water partition coefficient (Wildman–Crippen LogP) is 0.0318. The number of hydrogen-bond acceptors (Lipinski definition) is 3. The van der Waals surface area contributed by atoms with Gasteiger partial charge in [-0.3, -0.25) is 14.5 Å². The van der Waals surface area contributed by atoms with Gasteiger partial charge >= 0.3 is 0 Å². The summed E-state index contributed by atoms with van der Waals surface area (Å²) >= 11 is 0. The SMILES string of the molecule is O=C1[C@@H]2[C@H]3C=C[C@@H]([C@@H]4C[C@H]34)[C@@H]2C(=O)N1CCO. The van der Waals surface area contributed by atoms with E-state index >= 15 is 0 Å². The summed E-state index contributed by atoms with van der Waals surface area (Å²) in [6, 6.07) is 0. The summed E-state index contributed by atoms with van der Waals surface area (Å²) in [7, 11) is 0. The topological polar surface area (TPSA) is 57.6 Å². The fraction of sp³-hybridized carbons (Fsp3) is 0.692. The Morgan fingerprint density at radius 3 is 2.12 bits per heavy atom. The van der Waals surface area contributed by atoms with Crippen LogP contribution in [0.5, 0.6) is 0 Å². The van der Waals surface area contributed by atoms with Gasteiger partial charge in [-0.15, -0.1) is 0 Å². The van der Waals surface area contributed by atoms with E-state index in [-0.39, 0.29) is 48.6 Å². The third-order valence-electron chi connectivity index (χ3n) is 5.08. The lowest BCUT2D eigenvalue weighted by Crippen LogP contribution is -2.40. The highest BCUT2D eigenvalue weighted by atomic mass is 16.3. The Kier molecular flexibility index (Phi) is 1.73. The van der Waals surface area contributed by atoms with Gasteiger partial charge in [0.15, 0.2) is 0 Å². The first-order chi connectivity index (χ1) is 8.24. The van der Waals surface area contributed by atoms with Crippen molar-refractivity contribution in [3.63, 3.8) is 0 Å². The molecule has 0 spiro atoms. The van der Waals surface area contributed by atoms with Crippen LogP contribution in [0.3, 0.4) is 0 Å². The number of hydrogen-bond donors (Lipinski definition) is 1. The van der Waals surface area contributed by atoms with Crippen LogP contribution in [0.2, 0.25) is 0 Å².